The van der Waals surface area contributed by atoms with Crippen LogP contribution in [0.15, 0.2) is 96.5 Å². The molecule has 0 aliphatic rings. The van der Waals surface area contributed by atoms with Crippen LogP contribution in [-0.4, -0.2) is 15.2 Å². The standard InChI is InChI=1S/C26H17ClN2OS/c27-22-12-10-21(11-13-22)25-23(29-16-17-31-26(29)28-25)14-15-24(30)20-8-6-19(7-9-20)18-4-2-1-3-5-18/h1-17H. The van der Waals surface area contributed by atoms with Gasteiger partial charge < -0.3 is 0 Å². The molecule has 0 saturated heterocycles. The van der Waals surface area contributed by atoms with Gasteiger partial charge in [-0.05, 0) is 35.4 Å². The van der Waals surface area contributed by atoms with Crippen LogP contribution in [-0.2, 0) is 0 Å². The summed E-state index contributed by atoms with van der Waals surface area (Å²) in [6, 6.07) is 25.4. The fourth-order valence-corrected chi connectivity index (χ4v) is 4.34. The fraction of sp³-hybridized carbons (Fsp3) is 0. The van der Waals surface area contributed by atoms with Gasteiger partial charge in [0.25, 0.3) is 0 Å². The number of ketones is 1. The Bertz CT molecular complexity index is 1380. The van der Waals surface area contributed by atoms with E-state index in [2.05, 4.69) is 12.1 Å². The van der Waals surface area contributed by atoms with Crippen LogP contribution in [0.1, 0.15) is 16.1 Å². The summed E-state index contributed by atoms with van der Waals surface area (Å²) in [5.41, 5.74) is 5.51. The minimum atomic E-state index is -0.0492. The third-order valence-electron chi connectivity index (χ3n) is 5.09. The smallest absolute Gasteiger partial charge is 0.194 e. The maximum absolute atomic E-state index is 12.8. The highest BCUT2D eigenvalue weighted by Gasteiger charge is 2.13. The predicted octanol–water partition coefficient (Wildman–Crippen LogP) is 7.28. The lowest BCUT2D eigenvalue weighted by Crippen LogP contribution is -1.94. The van der Waals surface area contributed by atoms with E-state index in [1.54, 1.807) is 17.4 Å². The number of hydrogen-bond donors (Lipinski definition) is 0. The Labute approximate surface area is 188 Å². The zero-order chi connectivity index (χ0) is 21.2. The van der Waals surface area contributed by atoms with Crippen molar-refractivity contribution in [2.75, 3.05) is 0 Å². The Morgan fingerprint density at radius 3 is 2.29 bits per heavy atom. The number of carbonyl (C=O) groups is 1. The SMILES string of the molecule is O=C(C=Cc1c(-c2ccc(Cl)cc2)nc2sccn12)c1ccc(-c2ccccc2)cc1. The molecule has 0 atom stereocenters. The zero-order valence-corrected chi connectivity index (χ0v) is 18.0. The summed E-state index contributed by atoms with van der Waals surface area (Å²) in [4.78, 5) is 18.4. The van der Waals surface area contributed by atoms with Crippen molar-refractivity contribution in [3.8, 4) is 22.4 Å². The van der Waals surface area contributed by atoms with Gasteiger partial charge in [-0.2, -0.15) is 0 Å². The molecule has 0 aliphatic carbocycles. The van der Waals surface area contributed by atoms with Crippen LogP contribution in [0.3, 0.4) is 0 Å². The molecule has 5 rings (SSSR count). The molecule has 31 heavy (non-hydrogen) atoms. The van der Waals surface area contributed by atoms with Gasteiger partial charge in [0, 0.05) is 27.7 Å². The van der Waals surface area contributed by atoms with Crippen molar-refractivity contribution in [2.24, 2.45) is 0 Å². The molecule has 0 radical (unpaired) electrons. The lowest BCUT2D eigenvalue weighted by atomic mass is 10.0. The van der Waals surface area contributed by atoms with E-state index in [-0.39, 0.29) is 5.78 Å². The molecule has 3 aromatic carbocycles. The highest BCUT2D eigenvalue weighted by Crippen LogP contribution is 2.29. The Hall–Kier alpha value is -3.47. The highest BCUT2D eigenvalue weighted by molar-refractivity contribution is 7.15. The molecule has 0 unspecified atom stereocenters. The molecule has 5 heteroatoms. The van der Waals surface area contributed by atoms with E-state index in [1.807, 2.05) is 88.8 Å². The van der Waals surface area contributed by atoms with Gasteiger partial charge in [0.1, 0.15) is 0 Å². The molecule has 5 aromatic rings. The molecule has 0 aliphatic heterocycles. The molecule has 2 heterocycles. The number of benzene rings is 3. The van der Waals surface area contributed by atoms with Crippen LogP contribution in [0.5, 0.6) is 0 Å². The summed E-state index contributed by atoms with van der Waals surface area (Å²) in [6.07, 6.45) is 5.41. The largest absolute Gasteiger partial charge is 0.290 e. The van der Waals surface area contributed by atoms with Crippen molar-refractivity contribution in [1.29, 1.82) is 0 Å². The molecule has 0 amide bonds. The van der Waals surface area contributed by atoms with Crippen LogP contribution >= 0.6 is 22.9 Å². The summed E-state index contributed by atoms with van der Waals surface area (Å²) < 4.78 is 2.00. The van der Waals surface area contributed by atoms with Gasteiger partial charge in [0.05, 0.1) is 11.4 Å². The molecule has 0 N–H and O–H groups in total. The third-order valence-corrected chi connectivity index (χ3v) is 6.09. The zero-order valence-electron chi connectivity index (χ0n) is 16.4. The van der Waals surface area contributed by atoms with Crippen molar-refractivity contribution in [3.05, 3.63) is 113 Å². The molecule has 0 fully saturated rings. The number of hydrogen-bond acceptors (Lipinski definition) is 3. The Kier molecular flexibility index (Phi) is 5.24. The van der Waals surface area contributed by atoms with Gasteiger partial charge in [-0.25, -0.2) is 4.98 Å². The van der Waals surface area contributed by atoms with Crippen LogP contribution in [0.25, 0.3) is 33.4 Å². The first kappa shape index (κ1) is 19.5. The Balaban J connectivity index is 1.45. The quantitative estimate of drug-likeness (QED) is 0.212. The second kappa shape index (κ2) is 8.34. The number of allylic oxidation sites excluding steroid dienone is 1. The van der Waals surface area contributed by atoms with Crippen molar-refractivity contribution in [2.45, 2.75) is 0 Å². The highest BCUT2D eigenvalue weighted by atomic mass is 35.5. The molecular formula is C26H17ClN2OS. The van der Waals surface area contributed by atoms with E-state index >= 15 is 0 Å². The molecular weight excluding hydrogens is 424 g/mol. The molecule has 0 saturated carbocycles. The van der Waals surface area contributed by atoms with Gasteiger partial charge >= 0.3 is 0 Å². The molecule has 3 nitrogen and oxygen atoms in total. The summed E-state index contributed by atoms with van der Waals surface area (Å²) in [5.74, 6) is -0.0492. The minimum absolute atomic E-state index is 0.0492. The van der Waals surface area contributed by atoms with Gasteiger partial charge in [-0.15, -0.1) is 11.3 Å². The van der Waals surface area contributed by atoms with Crippen molar-refractivity contribution in [3.63, 3.8) is 0 Å². The number of aromatic nitrogens is 2. The topological polar surface area (TPSA) is 34.4 Å². The average molecular weight is 441 g/mol. The first-order chi connectivity index (χ1) is 15.2. The predicted molar refractivity (Wildman–Crippen MR) is 129 cm³/mol. The van der Waals surface area contributed by atoms with Crippen LogP contribution < -0.4 is 0 Å². The van der Waals surface area contributed by atoms with Gasteiger partial charge in [-0.3, -0.25) is 9.20 Å². The summed E-state index contributed by atoms with van der Waals surface area (Å²) in [7, 11) is 0. The first-order valence-electron chi connectivity index (χ1n) is 9.78. The van der Waals surface area contributed by atoms with E-state index in [0.29, 0.717) is 10.6 Å². The van der Waals surface area contributed by atoms with E-state index in [9.17, 15) is 4.79 Å². The number of thiazole rings is 1. The van der Waals surface area contributed by atoms with Gasteiger partial charge in [0.2, 0.25) is 0 Å². The molecule has 2 aromatic heterocycles. The third kappa shape index (κ3) is 3.96. The summed E-state index contributed by atoms with van der Waals surface area (Å²) >= 11 is 7.59. The molecule has 150 valence electrons. The Morgan fingerprint density at radius 2 is 1.55 bits per heavy atom. The summed E-state index contributed by atoms with van der Waals surface area (Å²) in [5, 5.41) is 2.66. The van der Waals surface area contributed by atoms with Crippen LogP contribution in [0.2, 0.25) is 5.02 Å². The van der Waals surface area contributed by atoms with Crippen LogP contribution in [0.4, 0.5) is 0 Å². The number of carbonyl (C=O) groups excluding carboxylic acids is 1. The lowest BCUT2D eigenvalue weighted by molar-refractivity contribution is 0.104. The maximum Gasteiger partial charge on any atom is 0.194 e. The lowest BCUT2D eigenvalue weighted by Gasteiger charge is -2.03. The number of rotatable bonds is 5. The van der Waals surface area contributed by atoms with E-state index in [4.69, 9.17) is 16.6 Å². The number of fused-ring (bicyclic) bond motifs is 1. The van der Waals surface area contributed by atoms with E-state index in [0.717, 1.165) is 33.0 Å². The van der Waals surface area contributed by atoms with Crippen molar-refractivity contribution < 1.29 is 4.79 Å². The van der Waals surface area contributed by atoms with E-state index < -0.39 is 0 Å². The van der Waals surface area contributed by atoms with Crippen LogP contribution in [0, 0.1) is 0 Å². The number of nitrogens with zero attached hydrogens (tertiary/aromatic N) is 2. The van der Waals surface area contributed by atoms with Crippen molar-refractivity contribution in [1.82, 2.24) is 9.38 Å². The number of imidazole rings is 1. The second-order valence-corrected chi connectivity index (χ2v) is 8.36. The Morgan fingerprint density at radius 1 is 0.871 bits per heavy atom. The molecule has 0 spiro atoms. The van der Waals surface area contributed by atoms with Gasteiger partial charge in [-0.1, -0.05) is 78.3 Å². The second-order valence-electron chi connectivity index (χ2n) is 7.05. The van der Waals surface area contributed by atoms with E-state index in [1.165, 1.54) is 0 Å². The maximum atomic E-state index is 12.8. The van der Waals surface area contributed by atoms with Crippen molar-refractivity contribution >= 4 is 39.8 Å². The summed E-state index contributed by atoms with van der Waals surface area (Å²) in [6.45, 7) is 0. The average Bonchev–Trinajstić information content (AvgIpc) is 3.40. The monoisotopic (exact) mass is 440 g/mol. The first-order valence-corrected chi connectivity index (χ1v) is 11.0. The fourth-order valence-electron chi connectivity index (χ4n) is 3.49. The molecule has 0 bridgehead atoms. The number of halogens is 1. The normalized spacial score (nSPS) is 11.4. The minimum Gasteiger partial charge on any atom is -0.290 e. The van der Waals surface area contributed by atoms with Gasteiger partial charge in [0.15, 0.2) is 10.7 Å².